The third-order valence-electron chi connectivity index (χ3n) is 6.42. The minimum absolute atomic E-state index is 0.204. The highest BCUT2D eigenvalue weighted by Gasteiger charge is 2.29. The molecule has 1 amide bonds. The van der Waals surface area contributed by atoms with Gasteiger partial charge < -0.3 is 19.9 Å². The summed E-state index contributed by atoms with van der Waals surface area (Å²) < 4.78 is 11.5. The molecule has 38 heavy (non-hydrogen) atoms. The molecule has 188 valence electrons. The van der Waals surface area contributed by atoms with E-state index in [1.54, 1.807) is 30.3 Å². The maximum absolute atomic E-state index is 12.9. The lowest BCUT2D eigenvalue weighted by molar-refractivity contribution is -0.139. The average Bonchev–Trinajstić information content (AvgIpc) is 2.93. The van der Waals surface area contributed by atoms with E-state index in [4.69, 9.17) is 9.47 Å². The number of carbonyl (C=O) groups excluding carboxylic acids is 1. The van der Waals surface area contributed by atoms with E-state index in [2.05, 4.69) is 11.4 Å². The first-order valence-corrected chi connectivity index (χ1v) is 12.1. The van der Waals surface area contributed by atoms with Crippen LogP contribution in [-0.4, -0.2) is 23.6 Å². The lowest BCUT2D eigenvalue weighted by atomic mass is 9.91. The molecule has 0 fully saturated rings. The van der Waals surface area contributed by atoms with Crippen LogP contribution in [0.25, 0.3) is 11.1 Å². The van der Waals surface area contributed by atoms with E-state index in [-0.39, 0.29) is 23.8 Å². The van der Waals surface area contributed by atoms with Gasteiger partial charge in [-0.2, -0.15) is 5.26 Å². The summed E-state index contributed by atoms with van der Waals surface area (Å²) in [4.78, 5) is 24.4. The molecule has 0 spiro atoms. The molecule has 1 unspecified atom stereocenters. The molecule has 0 aliphatic carbocycles. The zero-order valence-corrected chi connectivity index (χ0v) is 20.6. The predicted octanol–water partition coefficient (Wildman–Crippen LogP) is 6.53. The van der Waals surface area contributed by atoms with E-state index in [0.29, 0.717) is 34.7 Å². The van der Waals surface area contributed by atoms with Crippen LogP contribution >= 0.6 is 0 Å². The van der Waals surface area contributed by atoms with Crippen molar-refractivity contribution in [3.63, 3.8) is 0 Å². The van der Waals surface area contributed by atoms with Crippen LogP contribution in [0, 0.1) is 18.3 Å². The zero-order chi connectivity index (χ0) is 26.6. The molecule has 5 rings (SSSR count). The summed E-state index contributed by atoms with van der Waals surface area (Å²) in [5.41, 5.74) is 5.04. The minimum Gasteiger partial charge on any atom is -0.493 e. The van der Waals surface area contributed by atoms with Gasteiger partial charge in [0.05, 0.1) is 18.1 Å². The van der Waals surface area contributed by atoms with Crippen molar-refractivity contribution in [2.75, 3.05) is 11.9 Å². The van der Waals surface area contributed by atoms with E-state index in [0.717, 1.165) is 11.1 Å². The smallest absolute Gasteiger partial charge is 0.311 e. The zero-order valence-electron chi connectivity index (χ0n) is 20.6. The van der Waals surface area contributed by atoms with Crippen LogP contribution in [-0.2, 0) is 4.79 Å². The molecule has 1 heterocycles. The Hall–Kier alpha value is -5.09. The number of amides is 1. The molecule has 0 aromatic heterocycles. The van der Waals surface area contributed by atoms with Gasteiger partial charge in [-0.15, -0.1) is 0 Å². The molecule has 7 heteroatoms. The van der Waals surface area contributed by atoms with Crippen molar-refractivity contribution >= 4 is 17.6 Å². The van der Waals surface area contributed by atoms with Crippen molar-refractivity contribution in [2.24, 2.45) is 0 Å². The molecule has 1 aliphatic rings. The largest absolute Gasteiger partial charge is 0.493 e. The van der Waals surface area contributed by atoms with Gasteiger partial charge >= 0.3 is 5.97 Å². The standard InChI is InChI=1S/C31H24N2O5/c1-19-5-7-20(8-6-19)22-3-2-4-24(15-22)33-30(34)21-9-11-25(12-10-21)38-28-17-29-27(16-23(28)18-32)26(31(35)36)13-14-37-29/h2-12,15-17,26H,13-14H2,1H3,(H,33,34)(H,35,36). The summed E-state index contributed by atoms with van der Waals surface area (Å²) in [6.45, 7) is 2.31. The molecule has 7 nitrogen and oxygen atoms in total. The number of nitrogens with one attached hydrogen (secondary N) is 1. The summed E-state index contributed by atoms with van der Waals surface area (Å²) in [6.07, 6.45) is 0.340. The highest BCUT2D eigenvalue weighted by atomic mass is 16.5. The van der Waals surface area contributed by atoms with Gasteiger partial charge in [0.15, 0.2) is 0 Å². The van der Waals surface area contributed by atoms with Crippen molar-refractivity contribution in [3.8, 4) is 34.4 Å². The Labute approximate surface area is 219 Å². The fourth-order valence-corrected chi connectivity index (χ4v) is 4.37. The van der Waals surface area contributed by atoms with E-state index in [9.17, 15) is 20.0 Å². The van der Waals surface area contributed by atoms with Crippen LogP contribution in [0.1, 0.15) is 39.4 Å². The molecular formula is C31H24N2O5. The molecule has 1 aliphatic heterocycles. The summed E-state index contributed by atoms with van der Waals surface area (Å²) >= 11 is 0. The van der Waals surface area contributed by atoms with Crippen molar-refractivity contribution in [3.05, 3.63) is 107 Å². The van der Waals surface area contributed by atoms with Gasteiger partial charge in [0.2, 0.25) is 0 Å². The van der Waals surface area contributed by atoms with Gasteiger partial charge in [-0.1, -0.05) is 42.0 Å². The van der Waals surface area contributed by atoms with Crippen LogP contribution < -0.4 is 14.8 Å². The first kappa shape index (κ1) is 24.6. The summed E-state index contributed by atoms with van der Waals surface area (Å²) in [5.74, 6) is -0.885. The van der Waals surface area contributed by atoms with Crippen molar-refractivity contribution in [1.29, 1.82) is 5.26 Å². The molecule has 0 saturated heterocycles. The fraction of sp³-hybridized carbons (Fsp3) is 0.129. The van der Waals surface area contributed by atoms with Gasteiger partial charge in [0.25, 0.3) is 5.91 Å². The van der Waals surface area contributed by atoms with Crippen molar-refractivity contribution < 1.29 is 24.2 Å². The number of anilines is 1. The number of nitriles is 1. The Bertz CT molecular complexity index is 1550. The summed E-state index contributed by atoms with van der Waals surface area (Å²) in [7, 11) is 0. The third-order valence-corrected chi connectivity index (χ3v) is 6.42. The van der Waals surface area contributed by atoms with Crippen molar-refractivity contribution in [2.45, 2.75) is 19.3 Å². The van der Waals surface area contributed by atoms with E-state index >= 15 is 0 Å². The Balaban J connectivity index is 1.30. The number of carbonyl (C=O) groups is 2. The first-order chi connectivity index (χ1) is 18.4. The lowest BCUT2D eigenvalue weighted by Crippen LogP contribution is -2.21. The average molecular weight is 505 g/mol. The number of hydrogen-bond donors (Lipinski definition) is 2. The fourth-order valence-electron chi connectivity index (χ4n) is 4.37. The van der Waals surface area contributed by atoms with Crippen LogP contribution in [0.15, 0.2) is 84.9 Å². The second-order valence-corrected chi connectivity index (χ2v) is 9.05. The maximum atomic E-state index is 12.9. The molecule has 4 aromatic carbocycles. The normalized spacial score (nSPS) is 13.9. The summed E-state index contributed by atoms with van der Waals surface area (Å²) in [5, 5.41) is 22.0. The predicted molar refractivity (Wildman–Crippen MR) is 143 cm³/mol. The lowest BCUT2D eigenvalue weighted by Gasteiger charge is -2.24. The van der Waals surface area contributed by atoms with Gasteiger partial charge in [0.1, 0.15) is 23.3 Å². The van der Waals surface area contributed by atoms with Gasteiger partial charge in [-0.05, 0) is 66.9 Å². The Morgan fingerprint density at radius 3 is 2.47 bits per heavy atom. The van der Waals surface area contributed by atoms with Crippen LogP contribution in [0.4, 0.5) is 5.69 Å². The minimum atomic E-state index is -0.956. The number of nitrogens with zero attached hydrogens (tertiary/aromatic N) is 1. The van der Waals surface area contributed by atoms with E-state index in [1.807, 2.05) is 55.5 Å². The van der Waals surface area contributed by atoms with Crippen LogP contribution in [0.2, 0.25) is 0 Å². The third kappa shape index (κ3) is 5.20. The molecule has 0 bridgehead atoms. The van der Waals surface area contributed by atoms with E-state index in [1.165, 1.54) is 11.6 Å². The monoisotopic (exact) mass is 504 g/mol. The number of fused-ring (bicyclic) bond motifs is 1. The number of benzene rings is 4. The van der Waals surface area contributed by atoms with E-state index < -0.39 is 11.9 Å². The molecule has 4 aromatic rings. The topological polar surface area (TPSA) is 109 Å². The highest BCUT2D eigenvalue weighted by Crippen LogP contribution is 2.39. The Morgan fingerprint density at radius 2 is 1.76 bits per heavy atom. The first-order valence-electron chi connectivity index (χ1n) is 12.1. The van der Waals surface area contributed by atoms with Crippen LogP contribution in [0.3, 0.4) is 0 Å². The number of aliphatic carboxylic acids is 1. The molecular weight excluding hydrogens is 480 g/mol. The quantitative estimate of drug-likeness (QED) is 0.309. The number of carboxylic acid groups (broad SMARTS) is 1. The molecule has 0 radical (unpaired) electrons. The Morgan fingerprint density at radius 1 is 1.00 bits per heavy atom. The van der Waals surface area contributed by atoms with Crippen LogP contribution in [0.5, 0.6) is 17.2 Å². The Kier molecular flexibility index (Phi) is 6.79. The van der Waals surface area contributed by atoms with Gasteiger partial charge in [0, 0.05) is 22.9 Å². The van der Waals surface area contributed by atoms with Gasteiger partial charge in [-0.25, -0.2) is 0 Å². The number of hydrogen-bond acceptors (Lipinski definition) is 5. The number of ether oxygens (including phenoxy) is 2. The SMILES string of the molecule is Cc1ccc(-c2cccc(NC(=O)c3ccc(Oc4cc5c(cc4C#N)C(C(=O)O)CCO5)cc3)c2)cc1. The molecule has 1 atom stereocenters. The number of rotatable bonds is 6. The number of carboxylic acids is 1. The second-order valence-electron chi connectivity index (χ2n) is 9.05. The van der Waals surface area contributed by atoms with Crippen molar-refractivity contribution in [1.82, 2.24) is 0 Å². The molecule has 0 saturated carbocycles. The molecule has 2 N–H and O–H groups in total. The summed E-state index contributed by atoms with van der Waals surface area (Å²) in [6, 6.07) is 27.5. The second kappa shape index (κ2) is 10.5. The maximum Gasteiger partial charge on any atom is 0.311 e. The number of aryl methyl sites for hydroxylation is 1. The van der Waals surface area contributed by atoms with Gasteiger partial charge in [-0.3, -0.25) is 9.59 Å². The highest BCUT2D eigenvalue weighted by molar-refractivity contribution is 6.04.